The van der Waals surface area contributed by atoms with Gasteiger partial charge in [-0.05, 0) is 46.6 Å². The van der Waals surface area contributed by atoms with Crippen molar-refractivity contribution in [1.82, 2.24) is 0 Å². The van der Waals surface area contributed by atoms with Gasteiger partial charge in [0.25, 0.3) is 0 Å². The first kappa shape index (κ1) is 29.9. The van der Waals surface area contributed by atoms with E-state index in [1.54, 1.807) is 0 Å². The quantitative estimate of drug-likeness (QED) is 0.223. The van der Waals surface area contributed by atoms with Crippen molar-refractivity contribution in [2.75, 3.05) is 6.61 Å². The number of phenols is 1. The first-order valence-corrected chi connectivity index (χ1v) is 14.1. The number of rotatable bonds is 13. The fraction of sp³-hybridized carbons (Fsp3) is 0.606. The van der Waals surface area contributed by atoms with Crippen molar-refractivity contribution >= 4 is 5.97 Å². The number of esters is 1. The van der Waals surface area contributed by atoms with E-state index in [4.69, 9.17) is 4.74 Å². The summed E-state index contributed by atoms with van der Waals surface area (Å²) in [6.07, 6.45) is 12.5. The van der Waals surface area contributed by atoms with Crippen LogP contribution in [0.3, 0.4) is 0 Å². The van der Waals surface area contributed by atoms with Crippen LogP contribution < -0.4 is 0 Å². The van der Waals surface area contributed by atoms with Crippen molar-refractivity contribution in [2.45, 2.75) is 124 Å². The molecule has 0 heterocycles. The number of aromatic hydroxyl groups is 1. The summed E-state index contributed by atoms with van der Waals surface area (Å²) in [7, 11) is 0. The van der Waals surface area contributed by atoms with Crippen LogP contribution in [0, 0.1) is 0 Å². The second-order valence-corrected chi connectivity index (χ2v) is 12.3. The lowest BCUT2D eigenvalue weighted by Crippen LogP contribution is -2.17. The number of ether oxygens (including phenoxy) is 1. The highest BCUT2D eigenvalue weighted by molar-refractivity contribution is 5.97. The van der Waals surface area contributed by atoms with E-state index in [1.807, 2.05) is 36.4 Å². The zero-order valence-electron chi connectivity index (χ0n) is 24.0. The van der Waals surface area contributed by atoms with Crippen molar-refractivity contribution < 1.29 is 14.6 Å². The van der Waals surface area contributed by atoms with Gasteiger partial charge in [-0.2, -0.15) is 0 Å². The highest BCUT2D eigenvalue weighted by atomic mass is 16.5. The number of phenolic OH excluding ortho intramolecular Hbond substituents is 1. The van der Waals surface area contributed by atoms with E-state index in [-0.39, 0.29) is 16.8 Å². The number of benzene rings is 2. The summed E-state index contributed by atoms with van der Waals surface area (Å²) >= 11 is 0. The van der Waals surface area contributed by atoms with Crippen molar-refractivity contribution in [3.05, 3.63) is 53.1 Å². The molecule has 0 bridgehead atoms. The van der Waals surface area contributed by atoms with Crippen LogP contribution in [0.2, 0.25) is 0 Å². The maximum atomic E-state index is 13.1. The Bertz CT molecular complexity index is 925. The molecule has 0 spiro atoms. The summed E-state index contributed by atoms with van der Waals surface area (Å²) in [6.45, 7) is 15.3. The van der Waals surface area contributed by atoms with Crippen LogP contribution in [-0.4, -0.2) is 17.7 Å². The zero-order chi connectivity index (χ0) is 26.8. The molecule has 1 N–H and O–H groups in total. The minimum atomic E-state index is -0.274. The lowest BCUT2D eigenvalue weighted by atomic mass is 9.77. The Hall–Kier alpha value is -2.29. The van der Waals surface area contributed by atoms with Gasteiger partial charge in [0.15, 0.2) is 0 Å². The van der Waals surface area contributed by atoms with Crippen molar-refractivity contribution in [3.63, 3.8) is 0 Å². The highest BCUT2D eigenvalue weighted by Gasteiger charge is 2.27. The van der Waals surface area contributed by atoms with E-state index in [1.165, 1.54) is 51.4 Å². The fourth-order valence-corrected chi connectivity index (χ4v) is 4.68. The predicted molar refractivity (Wildman–Crippen MR) is 153 cm³/mol. The molecule has 0 amide bonds. The SMILES string of the molecule is CCCCCCCCCCCCOC(=O)c1ccccc1-c1cc(C(C)(C)C)c(O)c(C(C)(C)C)c1. The second kappa shape index (κ2) is 13.9. The highest BCUT2D eigenvalue weighted by Crippen LogP contribution is 2.42. The molecule has 0 aromatic heterocycles. The van der Waals surface area contributed by atoms with Gasteiger partial charge < -0.3 is 9.84 Å². The van der Waals surface area contributed by atoms with Crippen molar-refractivity contribution in [3.8, 4) is 16.9 Å². The first-order chi connectivity index (χ1) is 17.0. The summed E-state index contributed by atoms with van der Waals surface area (Å²) in [6, 6.07) is 11.7. The fourth-order valence-electron chi connectivity index (χ4n) is 4.68. The van der Waals surface area contributed by atoms with Crippen LogP contribution >= 0.6 is 0 Å². The topological polar surface area (TPSA) is 46.5 Å². The molecule has 0 radical (unpaired) electrons. The Labute approximate surface area is 220 Å². The van der Waals surface area contributed by atoms with Gasteiger partial charge in [-0.25, -0.2) is 4.79 Å². The smallest absolute Gasteiger partial charge is 0.338 e. The van der Waals surface area contributed by atoms with E-state index < -0.39 is 0 Å². The molecular weight excluding hydrogens is 444 g/mol. The standard InChI is InChI=1S/C33H50O3/c1-8-9-10-11-12-13-14-15-16-19-22-36-31(35)27-21-18-17-20-26(27)25-23-28(32(2,3)4)30(34)29(24-25)33(5,6)7/h17-18,20-21,23-24,34H,8-16,19,22H2,1-7H3. The molecule has 2 aromatic carbocycles. The van der Waals surface area contributed by atoms with Crippen molar-refractivity contribution in [2.24, 2.45) is 0 Å². The zero-order valence-corrected chi connectivity index (χ0v) is 24.0. The first-order valence-electron chi connectivity index (χ1n) is 14.1. The van der Waals surface area contributed by atoms with E-state index in [0.29, 0.717) is 17.9 Å². The van der Waals surface area contributed by atoms with Gasteiger partial charge in [0.05, 0.1) is 12.2 Å². The maximum Gasteiger partial charge on any atom is 0.338 e. The van der Waals surface area contributed by atoms with E-state index >= 15 is 0 Å². The molecular formula is C33H50O3. The Morgan fingerprint density at radius 2 is 1.22 bits per heavy atom. The Kier molecular flexibility index (Phi) is 11.5. The van der Waals surface area contributed by atoms with E-state index in [2.05, 4.69) is 48.5 Å². The lowest BCUT2D eigenvalue weighted by Gasteiger charge is -2.28. The third-order valence-electron chi connectivity index (χ3n) is 6.91. The summed E-state index contributed by atoms with van der Waals surface area (Å²) in [5.74, 6) is 0.0731. The number of unbranched alkanes of at least 4 members (excludes halogenated alkanes) is 9. The summed E-state index contributed by atoms with van der Waals surface area (Å²) in [5.41, 5.74) is 3.68. The summed E-state index contributed by atoms with van der Waals surface area (Å²) in [5, 5.41) is 11.1. The molecule has 36 heavy (non-hydrogen) atoms. The Balaban J connectivity index is 2.05. The molecule has 3 heteroatoms. The van der Waals surface area contributed by atoms with Crippen LogP contribution in [0.1, 0.15) is 134 Å². The number of carbonyl (C=O) groups is 1. The monoisotopic (exact) mass is 494 g/mol. The molecule has 0 aliphatic rings. The van der Waals surface area contributed by atoms with Gasteiger partial charge in [-0.1, -0.05) is 124 Å². The molecule has 0 atom stereocenters. The molecule has 0 unspecified atom stereocenters. The average Bonchev–Trinajstić information content (AvgIpc) is 2.81. The third kappa shape index (κ3) is 8.98. The lowest BCUT2D eigenvalue weighted by molar-refractivity contribution is 0.0498. The minimum absolute atomic E-state index is 0.231. The molecule has 0 aliphatic carbocycles. The van der Waals surface area contributed by atoms with Gasteiger partial charge in [-0.15, -0.1) is 0 Å². The molecule has 0 fully saturated rings. The number of carbonyl (C=O) groups excluding carboxylic acids is 1. The van der Waals surface area contributed by atoms with Crippen LogP contribution in [0.15, 0.2) is 36.4 Å². The Morgan fingerprint density at radius 1 is 0.750 bits per heavy atom. The van der Waals surface area contributed by atoms with Gasteiger partial charge in [-0.3, -0.25) is 0 Å². The second-order valence-electron chi connectivity index (χ2n) is 12.3. The largest absolute Gasteiger partial charge is 0.507 e. The van der Waals surface area contributed by atoms with Gasteiger partial charge in [0, 0.05) is 11.1 Å². The normalized spacial score (nSPS) is 12.1. The third-order valence-corrected chi connectivity index (χ3v) is 6.91. The molecule has 0 saturated carbocycles. The van der Waals surface area contributed by atoms with Crippen molar-refractivity contribution in [1.29, 1.82) is 0 Å². The van der Waals surface area contributed by atoms with Crippen LogP contribution in [0.5, 0.6) is 5.75 Å². The van der Waals surface area contributed by atoms with Crippen LogP contribution in [-0.2, 0) is 15.6 Å². The van der Waals surface area contributed by atoms with Gasteiger partial charge >= 0.3 is 5.97 Å². The van der Waals surface area contributed by atoms with Gasteiger partial charge in [0.2, 0.25) is 0 Å². The van der Waals surface area contributed by atoms with Crippen LogP contribution in [0.25, 0.3) is 11.1 Å². The minimum Gasteiger partial charge on any atom is -0.507 e. The number of hydrogen-bond acceptors (Lipinski definition) is 3. The molecule has 3 nitrogen and oxygen atoms in total. The van der Waals surface area contributed by atoms with E-state index in [9.17, 15) is 9.90 Å². The predicted octanol–water partition coefficient (Wildman–Crippen LogP) is 9.73. The molecule has 2 rings (SSSR count). The average molecular weight is 495 g/mol. The molecule has 0 saturated heterocycles. The summed E-state index contributed by atoms with van der Waals surface area (Å²) < 4.78 is 5.69. The molecule has 200 valence electrons. The number of hydrogen-bond donors (Lipinski definition) is 1. The maximum absolute atomic E-state index is 13.1. The summed E-state index contributed by atoms with van der Waals surface area (Å²) in [4.78, 5) is 13.1. The van der Waals surface area contributed by atoms with E-state index in [0.717, 1.165) is 35.1 Å². The Morgan fingerprint density at radius 3 is 1.72 bits per heavy atom. The molecule has 0 aliphatic heterocycles. The van der Waals surface area contributed by atoms with Crippen LogP contribution in [0.4, 0.5) is 0 Å². The van der Waals surface area contributed by atoms with Gasteiger partial charge in [0.1, 0.15) is 5.75 Å². The molecule has 2 aromatic rings.